The summed E-state index contributed by atoms with van der Waals surface area (Å²) in [7, 11) is 0. The molecule has 158 valence electrons. The van der Waals surface area contributed by atoms with Crippen molar-refractivity contribution < 1.29 is 4.79 Å². The van der Waals surface area contributed by atoms with E-state index in [9.17, 15) is 4.79 Å². The molecular weight excluding hydrogens is 447 g/mol. The van der Waals surface area contributed by atoms with Crippen molar-refractivity contribution in [1.82, 2.24) is 24.1 Å². The van der Waals surface area contributed by atoms with E-state index in [0.717, 1.165) is 41.4 Å². The fourth-order valence-corrected chi connectivity index (χ4v) is 5.06. The van der Waals surface area contributed by atoms with Gasteiger partial charge in [0.2, 0.25) is 0 Å². The lowest BCUT2D eigenvalue weighted by atomic mass is 10.1. The molecule has 0 radical (unpaired) electrons. The molecule has 1 aliphatic rings. The largest absolute Gasteiger partial charge is 0.364 e. The Morgan fingerprint density at radius 2 is 1.94 bits per heavy atom. The van der Waals surface area contributed by atoms with E-state index in [4.69, 9.17) is 33.9 Å². The molecule has 0 aliphatic carbocycles. The van der Waals surface area contributed by atoms with Crippen LogP contribution >= 0.6 is 23.2 Å². The first-order chi connectivity index (χ1) is 15.5. The molecule has 1 aliphatic heterocycles. The first kappa shape index (κ1) is 19.3. The highest BCUT2D eigenvalue weighted by atomic mass is 35.5. The van der Waals surface area contributed by atoms with E-state index < -0.39 is 5.91 Å². The number of carbonyl (C=O) groups excluding carboxylic acids is 1. The molecule has 0 unspecified atom stereocenters. The van der Waals surface area contributed by atoms with E-state index in [1.807, 2.05) is 29.2 Å². The van der Waals surface area contributed by atoms with Crippen molar-refractivity contribution in [3.63, 3.8) is 0 Å². The Labute approximate surface area is 192 Å². The summed E-state index contributed by atoms with van der Waals surface area (Å²) >= 11 is 12.9. The molecule has 0 saturated heterocycles. The number of aromatic nitrogens is 5. The molecule has 6 rings (SSSR count). The number of primary amides is 1. The van der Waals surface area contributed by atoms with E-state index in [1.165, 1.54) is 5.69 Å². The van der Waals surface area contributed by atoms with Crippen molar-refractivity contribution >= 4 is 45.7 Å². The predicted molar refractivity (Wildman–Crippen MR) is 124 cm³/mol. The molecule has 5 heterocycles. The number of aryl methyl sites for hydroxylation is 1. The topological polar surface area (TPSA) is 91.1 Å². The van der Waals surface area contributed by atoms with Gasteiger partial charge in [0.1, 0.15) is 17.0 Å². The van der Waals surface area contributed by atoms with Crippen LogP contribution in [0.5, 0.6) is 0 Å². The number of nitrogens with two attached hydrogens (primary N) is 1. The Morgan fingerprint density at radius 1 is 1.12 bits per heavy atom. The number of benzene rings is 1. The van der Waals surface area contributed by atoms with Crippen LogP contribution in [0.25, 0.3) is 38.9 Å². The lowest BCUT2D eigenvalue weighted by Crippen LogP contribution is -2.15. The summed E-state index contributed by atoms with van der Waals surface area (Å²) in [6.07, 6.45) is 7.54. The second kappa shape index (κ2) is 7.05. The normalized spacial score (nSPS) is 13.2. The van der Waals surface area contributed by atoms with Crippen LogP contribution in [0.4, 0.5) is 0 Å². The fourth-order valence-electron chi connectivity index (χ4n) is 4.49. The summed E-state index contributed by atoms with van der Waals surface area (Å²) in [6, 6.07) is 9.01. The molecule has 0 saturated carbocycles. The third-order valence-corrected chi connectivity index (χ3v) is 6.56. The van der Waals surface area contributed by atoms with Crippen LogP contribution in [0.2, 0.25) is 10.0 Å². The Hall–Kier alpha value is -3.42. The Kier molecular flexibility index (Phi) is 4.25. The van der Waals surface area contributed by atoms with Crippen LogP contribution in [0.3, 0.4) is 0 Å². The van der Waals surface area contributed by atoms with E-state index in [1.54, 1.807) is 28.8 Å². The average molecular weight is 463 g/mol. The molecule has 0 spiro atoms. The number of hydrogen-bond acceptors (Lipinski definition) is 4. The van der Waals surface area contributed by atoms with Gasteiger partial charge in [-0.1, -0.05) is 29.3 Å². The summed E-state index contributed by atoms with van der Waals surface area (Å²) in [5.41, 5.74) is 11.3. The predicted octanol–water partition coefficient (Wildman–Crippen LogP) is 4.76. The summed E-state index contributed by atoms with van der Waals surface area (Å²) < 4.78 is 3.71. The zero-order valence-electron chi connectivity index (χ0n) is 16.7. The van der Waals surface area contributed by atoms with Crippen LogP contribution in [-0.2, 0) is 13.0 Å². The highest BCUT2D eigenvalue weighted by Crippen LogP contribution is 2.38. The summed E-state index contributed by atoms with van der Waals surface area (Å²) in [5.74, 6) is -0.624. The number of nitrogens with zero attached hydrogens (tertiary/aromatic N) is 5. The van der Waals surface area contributed by atoms with Gasteiger partial charge < -0.3 is 5.73 Å². The molecule has 0 atom stereocenters. The molecule has 7 nitrogen and oxygen atoms in total. The Bertz CT molecular complexity index is 1550. The average Bonchev–Trinajstić information content (AvgIpc) is 3.47. The fraction of sp³-hybridized carbons (Fsp3) is 0.130. The minimum atomic E-state index is -0.624. The van der Waals surface area contributed by atoms with Crippen molar-refractivity contribution in [2.75, 3.05) is 0 Å². The Morgan fingerprint density at radius 3 is 2.72 bits per heavy atom. The third-order valence-electron chi connectivity index (χ3n) is 5.93. The maximum absolute atomic E-state index is 12.5. The second-order valence-corrected chi connectivity index (χ2v) is 8.58. The summed E-state index contributed by atoms with van der Waals surface area (Å²) in [6.45, 7) is 0.935. The number of pyridine rings is 2. The number of hydrogen-bond donors (Lipinski definition) is 1. The molecule has 0 bridgehead atoms. The van der Waals surface area contributed by atoms with Gasteiger partial charge in [-0.15, -0.1) is 0 Å². The summed E-state index contributed by atoms with van der Waals surface area (Å²) in [5, 5.41) is 6.07. The number of amides is 1. The van der Waals surface area contributed by atoms with Crippen molar-refractivity contribution in [3.8, 4) is 22.4 Å². The van der Waals surface area contributed by atoms with Gasteiger partial charge in [-0.2, -0.15) is 5.10 Å². The first-order valence-corrected chi connectivity index (χ1v) is 10.9. The van der Waals surface area contributed by atoms with Gasteiger partial charge in [-0.3, -0.25) is 18.9 Å². The van der Waals surface area contributed by atoms with Crippen molar-refractivity contribution in [2.45, 2.75) is 19.4 Å². The van der Waals surface area contributed by atoms with Crippen molar-refractivity contribution in [2.24, 2.45) is 5.73 Å². The molecule has 1 amide bonds. The highest BCUT2D eigenvalue weighted by molar-refractivity contribution is 6.39. The number of rotatable bonds is 3. The molecule has 2 N–H and O–H groups in total. The van der Waals surface area contributed by atoms with Crippen LogP contribution in [-0.4, -0.2) is 30.1 Å². The van der Waals surface area contributed by atoms with Gasteiger partial charge >= 0.3 is 0 Å². The smallest absolute Gasteiger partial charge is 0.268 e. The maximum Gasteiger partial charge on any atom is 0.268 e. The number of carbonyl (C=O) groups is 1. The van der Waals surface area contributed by atoms with Crippen molar-refractivity contribution in [1.29, 1.82) is 0 Å². The van der Waals surface area contributed by atoms with E-state index in [0.29, 0.717) is 26.9 Å². The lowest BCUT2D eigenvalue weighted by molar-refractivity contribution is 0.0995. The molecule has 9 heteroatoms. The molecular formula is C23H16Cl2N6O. The standard InChI is InChI=1S/C23H16Cl2N6O/c24-15-3-1-4-16(25)19(15)20-21(22(26)32)30-8-6-17-13(23(30)29-20)9-12(10-27-17)14-11-28-31-7-2-5-18(14)31/h1,3-4,6,8-11H,2,5,7H2,(H2,26,32). The van der Waals surface area contributed by atoms with Gasteiger partial charge in [0.15, 0.2) is 0 Å². The van der Waals surface area contributed by atoms with E-state index >= 15 is 0 Å². The monoisotopic (exact) mass is 462 g/mol. The maximum atomic E-state index is 12.5. The number of imidazole rings is 1. The van der Waals surface area contributed by atoms with Crippen LogP contribution in [0.15, 0.2) is 48.9 Å². The SMILES string of the molecule is NC(=O)c1c(-c2c(Cl)cccc2Cl)nc2c3cc(-c4cnn5c4CCC5)cnc3ccn12. The molecule has 0 fully saturated rings. The Balaban J connectivity index is 1.65. The molecule has 32 heavy (non-hydrogen) atoms. The van der Waals surface area contributed by atoms with Crippen molar-refractivity contribution in [3.05, 3.63) is 70.4 Å². The zero-order valence-corrected chi connectivity index (χ0v) is 18.2. The third kappa shape index (κ3) is 2.75. The molecule has 4 aromatic heterocycles. The molecule has 1 aromatic carbocycles. The minimum absolute atomic E-state index is 0.216. The van der Waals surface area contributed by atoms with E-state index in [2.05, 4.69) is 10.1 Å². The number of fused-ring (bicyclic) bond motifs is 4. The van der Waals surface area contributed by atoms with Gasteiger partial charge in [0.25, 0.3) is 5.91 Å². The van der Waals surface area contributed by atoms with E-state index in [-0.39, 0.29) is 5.69 Å². The summed E-state index contributed by atoms with van der Waals surface area (Å²) in [4.78, 5) is 21.9. The molecule has 5 aromatic rings. The van der Waals surface area contributed by atoms with Gasteiger partial charge in [-0.25, -0.2) is 4.98 Å². The quantitative estimate of drug-likeness (QED) is 0.418. The van der Waals surface area contributed by atoms with Gasteiger partial charge in [-0.05, 0) is 37.1 Å². The van der Waals surface area contributed by atoms with Gasteiger partial charge in [0.05, 0.1) is 21.8 Å². The van der Waals surface area contributed by atoms with Crippen LogP contribution in [0, 0.1) is 0 Å². The van der Waals surface area contributed by atoms with Crippen LogP contribution < -0.4 is 5.73 Å². The van der Waals surface area contributed by atoms with Crippen LogP contribution in [0.1, 0.15) is 22.6 Å². The highest BCUT2D eigenvalue weighted by Gasteiger charge is 2.24. The van der Waals surface area contributed by atoms with Gasteiger partial charge in [0, 0.05) is 46.7 Å². The zero-order chi connectivity index (χ0) is 22.0. The lowest BCUT2D eigenvalue weighted by Gasteiger charge is -2.06. The minimum Gasteiger partial charge on any atom is -0.364 e. The number of halogens is 2. The second-order valence-electron chi connectivity index (χ2n) is 7.77. The first-order valence-electron chi connectivity index (χ1n) is 10.1.